The Labute approximate surface area is 170 Å². The van der Waals surface area contributed by atoms with E-state index < -0.39 is 0 Å². The minimum Gasteiger partial charge on any atom is -0.354 e. The average Bonchev–Trinajstić information content (AvgIpc) is 2.89. The highest BCUT2D eigenvalue weighted by Crippen LogP contribution is 2.19. The van der Waals surface area contributed by atoms with Gasteiger partial charge in [-0.25, -0.2) is 0 Å². The van der Waals surface area contributed by atoms with E-state index in [9.17, 15) is 4.79 Å². The molecule has 2 rings (SSSR count). The molecule has 1 N–H and O–H groups in total. The molecule has 1 heterocycles. The van der Waals surface area contributed by atoms with Gasteiger partial charge < -0.3 is 10.2 Å². The van der Waals surface area contributed by atoms with E-state index in [-0.39, 0.29) is 11.9 Å². The second-order valence-corrected chi connectivity index (χ2v) is 8.28. The lowest BCUT2D eigenvalue weighted by Crippen LogP contribution is -2.35. The Hall–Kier alpha value is -2.14. The van der Waals surface area contributed by atoms with Crippen molar-refractivity contribution in [1.82, 2.24) is 20.0 Å². The van der Waals surface area contributed by atoms with Gasteiger partial charge in [0.2, 0.25) is 5.91 Å². The van der Waals surface area contributed by atoms with E-state index in [0.717, 1.165) is 29.9 Å². The molecular formula is C23H36N4O. The van der Waals surface area contributed by atoms with E-state index in [2.05, 4.69) is 81.4 Å². The molecule has 0 aliphatic rings. The summed E-state index contributed by atoms with van der Waals surface area (Å²) in [5.41, 5.74) is 5.65. The van der Waals surface area contributed by atoms with Crippen molar-refractivity contribution in [2.45, 2.75) is 60.0 Å². The first-order valence-electron chi connectivity index (χ1n) is 10.3. The van der Waals surface area contributed by atoms with E-state index >= 15 is 0 Å². The van der Waals surface area contributed by atoms with Crippen molar-refractivity contribution in [2.75, 3.05) is 20.6 Å². The highest BCUT2D eigenvalue weighted by molar-refractivity contribution is 5.79. The number of aryl methyl sites for hydroxylation is 2. The third-order valence-electron chi connectivity index (χ3n) is 5.30. The molecule has 28 heavy (non-hydrogen) atoms. The number of rotatable bonds is 9. The first kappa shape index (κ1) is 22.2. The van der Waals surface area contributed by atoms with Crippen LogP contribution in [0.5, 0.6) is 0 Å². The van der Waals surface area contributed by atoms with Crippen LogP contribution in [0.2, 0.25) is 0 Å². The second-order valence-electron chi connectivity index (χ2n) is 8.28. The molecule has 0 radical (unpaired) electrons. The molecule has 5 heteroatoms. The first-order valence-corrected chi connectivity index (χ1v) is 10.3. The number of amides is 1. The van der Waals surface area contributed by atoms with Crippen LogP contribution >= 0.6 is 0 Å². The number of likely N-dealkylation sites (N-methyl/N-ethyl adjacent to an activating group) is 1. The van der Waals surface area contributed by atoms with Crippen molar-refractivity contribution in [3.05, 3.63) is 52.3 Å². The van der Waals surface area contributed by atoms with E-state index in [1.165, 1.54) is 11.1 Å². The molecule has 0 spiro atoms. The molecule has 1 unspecified atom stereocenters. The van der Waals surface area contributed by atoms with Crippen molar-refractivity contribution < 1.29 is 4.79 Å². The Balaban J connectivity index is 2.02. The fourth-order valence-corrected chi connectivity index (χ4v) is 3.52. The highest BCUT2D eigenvalue weighted by atomic mass is 16.1. The Morgan fingerprint density at radius 3 is 2.36 bits per heavy atom. The van der Waals surface area contributed by atoms with Crippen LogP contribution in [0.1, 0.15) is 54.9 Å². The summed E-state index contributed by atoms with van der Waals surface area (Å²) in [6, 6.07) is 8.83. The van der Waals surface area contributed by atoms with Gasteiger partial charge in [0.25, 0.3) is 0 Å². The van der Waals surface area contributed by atoms with Gasteiger partial charge in [-0.15, -0.1) is 0 Å². The van der Waals surface area contributed by atoms with Gasteiger partial charge in [-0.1, -0.05) is 45.0 Å². The monoisotopic (exact) mass is 384 g/mol. The summed E-state index contributed by atoms with van der Waals surface area (Å²) < 4.78 is 2.03. The largest absolute Gasteiger partial charge is 0.354 e. The van der Waals surface area contributed by atoms with Crippen LogP contribution < -0.4 is 5.32 Å². The summed E-state index contributed by atoms with van der Waals surface area (Å²) in [5, 5.41) is 7.75. The van der Waals surface area contributed by atoms with Crippen molar-refractivity contribution in [2.24, 2.45) is 5.92 Å². The quantitative estimate of drug-likeness (QED) is 0.717. The number of benzene rings is 1. The van der Waals surface area contributed by atoms with Gasteiger partial charge in [-0.2, -0.15) is 5.10 Å². The number of hydrogen-bond acceptors (Lipinski definition) is 3. The molecule has 1 atom stereocenters. The molecular weight excluding hydrogens is 348 g/mol. The summed E-state index contributed by atoms with van der Waals surface area (Å²) in [6.45, 7) is 12.0. The normalized spacial score (nSPS) is 12.6. The SMILES string of the molecule is CCc1ccc(C(CNC(=O)Cc2c(C)nn(CC(C)C)c2C)N(C)C)cc1. The van der Waals surface area contributed by atoms with Crippen molar-refractivity contribution in [1.29, 1.82) is 0 Å². The van der Waals surface area contributed by atoms with E-state index in [0.29, 0.717) is 18.9 Å². The molecule has 2 aromatic rings. The summed E-state index contributed by atoms with van der Waals surface area (Å²) in [5.74, 6) is 0.576. The molecule has 0 saturated carbocycles. The van der Waals surface area contributed by atoms with Crippen molar-refractivity contribution in [3.8, 4) is 0 Å². The molecule has 154 valence electrons. The van der Waals surface area contributed by atoms with Crippen LogP contribution in [0.25, 0.3) is 0 Å². The lowest BCUT2D eigenvalue weighted by molar-refractivity contribution is -0.120. The zero-order valence-electron chi connectivity index (χ0n) is 18.5. The van der Waals surface area contributed by atoms with Gasteiger partial charge >= 0.3 is 0 Å². The van der Waals surface area contributed by atoms with Gasteiger partial charge in [0.1, 0.15) is 0 Å². The Bertz CT molecular complexity index is 775. The fourth-order valence-electron chi connectivity index (χ4n) is 3.52. The average molecular weight is 385 g/mol. The van der Waals surface area contributed by atoms with Crippen LogP contribution in [-0.4, -0.2) is 41.2 Å². The predicted molar refractivity (Wildman–Crippen MR) is 116 cm³/mol. The number of nitrogens with one attached hydrogen (secondary N) is 1. The molecule has 1 aromatic heterocycles. The van der Waals surface area contributed by atoms with Crippen LogP contribution in [0.4, 0.5) is 0 Å². The number of carbonyl (C=O) groups excluding carboxylic acids is 1. The van der Waals surface area contributed by atoms with Crippen molar-refractivity contribution in [3.63, 3.8) is 0 Å². The minimum absolute atomic E-state index is 0.0484. The molecule has 1 amide bonds. The molecule has 0 aliphatic carbocycles. The molecule has 0 aliphatic heterocycles. The molecule has 0 fully saturated rings. The van der Waals surface area contributed by atoms with Gasteiger partial charge in [-0.05, 0) is 51.4 Å². The molecule has 0 saturated heterocycles. The third-order valence-corrected chi connectivity index (χ3v) is 5.30. The van der Waals surface area contributed by atoms with Crippen LogP contribution in [0.3, 0.4) is 0 Å². The number of nitrogens with zero attached hydrogens (tertiary/aromatic N) is 3. The number of hydrogen-bond donors (Lipinski definition) is 1. The molecule has 0 bridgehead atoms. The highest BCUT2D eigenvalue weighted by Gasteiger charge is 2.18. The summed E-state index contributed by atoms with van der Waals surface area (Å²) >= 11 is 0. The van der Waals surface area contributed by atoms with Gasteiger partial charge in [0, 0.05) is 24.3 Å². The maximum Gasteiger partial charge on any atom is 0.224 e. The van der Waals surface area contributed by atoms with Crippen molar-refractivity contribution >= 4 is 5.91 Å². The van der Waals surface area contributed by atoms with E-state index in [1.807, 2.05) is 11.6 Å². The van der Waals surface area contributed by atoms with E-state index in [4.69, 9.17) is 0 Å². The maximum atomic E-state index is 12.6. The fraction of sp³-hybridized carbons (Fsp3) is 0.565. The minimum atomic E-state index is 0.0484. The molecule has 1 aromatic carbocycles. The molecule has 5 nitrogen and oxygen atoms in total. The topological polar surface area (TPSA) is 50.2 Å². The summed E-state index contributed by atoms with van der Waals surface area (Å²) in [4.78, 5) is 14.8. The zero-order chi connectivity index (χ0) is 20.8. The van der Waals surface area contributed by atoms with Crippen LogP contribution in [-0.2, 0) is 24.2 Å². The zero-order valence-corrected chi connectivity index (χ0v) is 18.5. The maximum absolute atomic E-state index is 12.6. The predicted octanol–water partition coefficient (Wildman–Crippen LogP) is 3.68. The summed E-state index contributed by atoms with van der Waals surface area (Å²) in [6.07, 6.45) is 1.41. The van der Waals surface area contributed by atoms with E-state index in [1.54, 1.807) is 0 Å². The van der Waals surface area contributed by atoms with Gasteiger partial charge in [-0.3, -0.25) is 9.48 Å². The number of carbonyl (C=O) groups is 1. The standard InChI is InChI=1S/C23H36N4O/c1-8-19-9-11-20(12-10-19)22(26(6)7)14-24-23(28)13-21-17(4)25-27(18(21)5)15-16(2)3/h9-12,16,22H,8,13-15H2,1-7H3,(H,24,28). The lowest BCUT2D eigenvalue weighted by Gasteiger charge is -2.25. The Morgan fingerprint density at radius 2 is 1.82 bits per heavy atom. The van der Waals surface area contributed by atoms with Crippen LogP contribution in [0, 0.1) is 19.8 Å². The third kappa shape index (κ3) is 5.68. The van der Waals surface area contributed by atoms with Gasteiger partial charge in [0.15, 0.2) is 0 Å². The lowest BCUT2D eigenvalue weighted by atomic mass is 10.0. The summed E-state index contributed by atoms with van der Waals surface area (Å²) in [7, 11) is 4.10. The van der Waals surface area contributed by atoms with Crippen LogP contribution in [0.15, 0.2) is 24.3 Å². The Kier molecular flexibility index (Phi) is 7.81. The Morgan fingerprint density at radius 1 is 1.18 bits per heavy atom. The number of aromatic nitrogens is 2. The first-order chi connectivity index (χ1) is 13.2. The van der Waals surface area contributed by atoms with Gasteiger partial charge in [0.05, 0.1) is 18.2 Å². The smallest absolute Gasteiger partial charge is 0.224 e. The second kappa shape index (κ2) is 9.87.